The van der Waals surface area contributed by atoms with E-state index in [2.05, 4.69) is 41.4 Å². The predicted molar refractivity (Wildman–Crippen MR) is 87.0 cm³/mol. The standard InChI is InChI=1S/C18H28N2O/c1-2-20(15-16-9-5-3-6-10-16)14-13-18(21)19-17-11-7-4-8-12-17/h3,5-6,9-10,17H,2,4,7-8,11-15H2,1H3,(H,19,21). The van der Waals surface area contributed by atoms with Crippen LogP contribution in [0.5, 0.6) is 0 Å². The molecule has 1 aromatic rings. The topological polar surface area (TPSA) is 32.3 Å². The number of amides is 1. The maximum absolute atomic E-state index is 12.0. The maximum atomic E-state index is 12.0. The third kappa shape index (κ3) is 5.88. The van der Waals surface area contributed by atoms with Crippen molar-refractivity contribution in [1.82, 2.24) is 10.2 Å². The molecular weight excluding hydrogens is 260 g/mol. The van der Waals surface area contributed by atoms with Gasteiger partial charge in [0, 0.05) is 25.6 Å². The van der Waals surface area contributed by atoms with Gasteiger partial charge in [-0.3, -0.25) is 9.69 Å². The van der Waals surface area contributed by atoms with Crippen LogP contribution in [0.3, 0.4) is 0 Å². The number of nitrogens with zero attached hydrogens (tertiary/aromatic N) is 1. The average Bonchev–Trinajstić information content (AvgIpc) is 2.53. The maximum Gasteiger partial charge on any atom is 0.221 e. The number of benzene rings is 1. The molecule has 1 aliphatic carbocycles. The van der Waals surface area contributed by atoms with Gasteiger partial charge in [-0.1, -0.05) is 56.5 Å². The fraction of sp³-hybridized carbons (Fsp3) is 0.611. The van der Waals surface area contributed by atoms with Crippen LogP contribution in [0.1, 0.15) is 51.0 Å². The van der Waals surface area contributed by atoms with Crippen molar-refractivity contribution in [2.24, 2.45) is 0 Å². The second kappa shape index (κ2) is 8.83. The van der Waals surface area contributed by atoms with Crippen LogP contribution in [0.4, 0.5) is 0 Å². The third-order valence-corrected chi connectivity index (χ3v) is 4.32. The highest BCUT2D eigenvalue weighted by atomic mass is 16.1. The van der Waals surface area contributed by atoms with Crippen LogP contribution in [-0.4, -0.2) is 29.9 Å². The lowest BCUT2D eigenvalue weighted by atomic mass is 9.95. The van der Waals surface area contributed by atoms with E-state index in [0.717, 1.165) is 32.5 Å². The minimum Gasteiger partial charge on any atom is -0.353 e. The van der Waals surface area contributed by atoms with E-state index in [1.165, 1.54) is 24.8 Å². The molecule has 1 aromatic carbocycles. The van der Waals surface area contributed by atoms with Gasteiger partial charge in [0.2, 0.25) is 5.91 Å². The molecule has 0 spiro atoms. The molecule has 21 heavy (non-hydrogen) atoms. The van der Waals surface area contributed by atoms with E-state index in [9.17, 15) is 4.79 Å². The third-order valence-electron chi connectivity index (χ3n) is 4.32. The summed E-state index contributed by atoms with van der Waals surface area (Å²) in [5.74, 6) is 0.216. The first-order valence-electron chi connectivity index (χ1n) is 8.33. The van der Waals surface area contributed by atoms with Crippen LogP contribution in [0, 0.1) is 0 Å². The Kier molecular flexibility index (Phi) is 6.74. The molecule has 0 saturated heterocycles. The highest BCUT2D eigenvalue weighted by Crippen LogP contribution is 2.17. The lowest BCUT2D eigenvalue weighted by Gasteiger charge is -2.24. The zero-order chi connectivity index (χ0) is 14.9. The van der Waals surface area contributed by atoms with Crippen molar-refractivity contribution in [2.45, 2.75) is 58.0 Å². The van der Waals surface area contributed by atoms with E-state index in [1.54, 1.807) is 0 Å². The molecule has 3 heteroatoms. The molecule has 2 rings (SSSR count). The fourth-order valence-corrected chi connectivity index (χ4v) is 3.00. The second-order valence-electron chi connectivity index (χ2n) is 6.01. The Bertz CT molecular complexity index is 412. The van der Waals surface area contributed by atoms with Crippen LogP contribution >= 0.6 is 0 Å². The Hall–Kier alpha value is -1.35. The van der Waals surface area contributed by atoms with Crippen LogP contribution in [0.15, 0.2) is 30.3 Å². The number of carbonyl (C=O) groups is 1. The van der Waals surface area contributed by atoms with Crippen molar-refractivity contribution in [3.05, 3.63) is 35.9 Å². The quantitative estimate of drug-likeness (QED) is 0.834. The molecule has 1 amide bonds. The Labute approximate surface area is 128 Å². The lowest BCUT2D eigenvalue weighted by Crippen LogP contribution is -2.38. The van der Waals surface area contributed by atoms with Gasteiger partial charge in [-0.05, 0) is 24.9 Å². The zero-order valence-electron chi connectivity index (χ0n) is 13.2. The predicted octanol–water partition coefficient (Wildman–Crippen LogP) is 3.35. The summed E-state index contributed by atoms with van der Waals surface area (Å²) in [4.78, 5) is 14.4. The van der Waals surface area contributed by atoms with Crippen molar-refractivity contribution in [3.63, 3.8) is 0 Å². The molecule has 0 atom stereocenters. The summed E-state index contributed by atoms with van der Waals surface area (Å²) >= 11 is 0. The first kappa shape index (κ1) is 16.0. The summed E-state index contributed by atoms with van der Waals surface area (Å²) in [5, 5.41) is 3.20. The van der Waals surface area contributed by atoms with Crippen LogP contribution in [-0.2, 0) is 11.3 Å². The summed E-state index contributed by atoms with van der Waals surface area (Å²) in [7, 11) is 0. The van der Waals surface area contributed by atoms with E-state index in [4.69, 9.17) is 0 Å². The van der Waals surface area contributed by atoms with E-state index in [-0.39, 0.29) is 5.91 Å². The molecule has 0 aromatic heterocycles. The number of hydrogen-bond acceptors (Lipinski definition) is 2. The molecule has 0 unspecified atom stereocenters. The Balaban J connectivity index is 1.70. The first-order chi connectivity index (χ1) is 10.3. The highest BCUT2D eigenvalue weighted by Gasteiger charge is 2.16. The van der Waals surface area contributed by atoms with Crippen LogP contribution < -0.4 is 5.32 Å². The monoisotopic (exact) mass is 288 g/mol. The largest absolute Gasteiger partial charge is 0.353 e. The second-order valence-corrected chi connectivity index (χ2v) is 6.01. The average molecular weight is 288 g/mol. The normalized spacial score (nSPS) is 16.1. The van der Waals surface area contributed by atoms with Crippen molar-refractivity contribution >= 4 is 5.91 Å². The summed E-state index contributed by atoms with van der Waals surface area (Å²) in [5.41, 5.74) is 1.31. The minimum atomic E-state index is 0.216. The van der Waals surface area contributed by atoms with E-state index in [0.29, 0.717) is 12.5 Å². The van der Waals surface area contributed by atoms with Crippen molar-refractivity contribution in [2.75, 3.05) is 13.1 Å². The summed E-state index contributed by atoms with van der Waals surface area (Å²) < 4.78 is 0. The molecule has 1 saturated carbocycles. The summed E-state index contributed by atoms with van der Waals surface area (Å²) in [6.07, 6.45) is 6.78. The molecule has 3 nitrogen and oxygen atoms in total. The van der Waals surface area contributed by atoms with Gasteiger partial charge >= 0.3 is 0 Å². The Morgan fingerprint density at radius 3 is 2.57 bits per heavy atom. The number of rotatable bonds is 7. The molecule has 0 radical (unpaired) electrons. The minimum absolute atomic E-state index is 0.216. The molecule has 0 aliphatic heterocycles. The molecule has 0 bridgehead atoms. The SMILES string of the molecule is CCN(CCC(=O)NC1CCCCC1)Cc1ccccc1. The van der Waals surface area contributed by atoms with Gasteiger partial charge in [0.15, 0.2) is 0 Å². The van der Waals surface area contributed by atoms with Crippen molar-refractivity contribution in [1.29, 1.82) is 0 Å². The van der Waals surface area contributed by atoms with Gasteiger partial charge in [0.05, 0.1) is 0 Å². The fourth-order valence-electron chi connectivity index (χ4n) is 3.00. The van der Waals surface area contributed by atoms with Crippen molar-refractivity contribution in [3.8, 4) is 0 Å². The number of hydrogen-bond donors (Lipinski definition) is 1. The van der Waals surface area contributed by atoms with Gasteiger partial charge < -0.3 is 5.32 Å². The molecule has 1 aliphatic rings. The number of nitrogens with one attached hydrogen (secondary N) is 1. The molecule has 1 fully saturated rings. The smallest absolute Gasteiger partial charge is 0.221 e. The summed E-state index contributed by atoms with van der Waals surface area (Å²) in [6, 6.07) is 10.9. The Morgan fingerprint density at radius 2 is 1.90 bits per heavy atom. The van der Waals surface area contributed by atoms with Crippen LogP contribution in [0.2, 0.25) is 0 Å². The molecule has 116 valence electrons. The van der Waals surface area contributed by atoms with E-state index in [1.807, 2.05) is 6.07 Å². The summed E-state index contributed by atoms with van der Waals surface area (Å²) in [6.45, 7) is 4.89. The van der Waals surface area contributed by atoms with Crippen molar-refractivity contribution < 1.29 is 4.79 Å². The molecule has 1 N–H and O–H groups in total. The molecular formula is C18H28N2O. The van der Waals surface area contributed by atoms with E-state index < -0.39 is 0 Å². The van der Waals surface area contributed by atoms with Crippen LogP contribution in [0.25, 0.3) is 0 Å². The lowest BCUT2D eigenvalue weighted by molar-refractivity contribution is -0.122. The Morgan fingerprint density at radius 1 is 1.19 bits per heavy atom. The van der Waals surface area contributed by atoms with Gasteiger partial charge in [-0.25, -0.2) is 0 Å². The number of carbonyl (C=O) groups excluding carboxylic acids is 1. The van der Waals surface area contributed by atoms with Gasteiger partial charge in [0.25, 0.3) is 0 Å². The van der Waals surface area contributed by atoms with Gasteiger partial charge in [-0.2, -0.15) is 0 Å². The highest BCUT2D eigenvalue weighted by molar-refractivity contribution is 5.76. The molecule has 0 heterocycles. The van der Waals surface area contributed by atoms with Gasteiger partial charge in [-0.15, -0.1) is 0 Å². The first-order valence-corrected chi connectivity index (χ1v) is 8.33. The zero-order valence-corrected chi connectivity index (χ0v) is 13.2. The van der Waals surface area contributed by atoms with E-state index >= 15 is 0 Å². The van der Waals surface area contributed by atoms with Gasteiger partial charge in [0.1, 0.15) is 0 Å².